The summed E-state index contributed by atoms with van der Waals surface area (Å²) in [6.07, 6.45) is -1.77. The Balaban J connectivity index is 1.84. The lowest BCUT2D eigenvalue weighted by molar-refractivity contribution is -0.148. The molecule has 1 amide bonds. The highest BCUT2D eigenvalue weighted by Gasteiger charge is 2.36. The molecule has 2 aromatic rings. The van der Waals surface area contributed by atoms with Gasteiger partial charge in [0.05, 0.1) is 24.4 Å². The molecule has 0 saturated carbocycles. The van der Waals surface area contributed by atoms with Crippen LogP contribution in [-0.2, 0) is 14.3 Å². The molecule has 0 aromatic heterocycles. The molecule has 6 nitrogen and oxygen atoms in total. The van der Waals surface area contributed by atoms with Crippen molar-refractivity contribution in [3.05, 3.63) is 52.5 Å². The fourth-order valence-electron chi connectivity index (χ4n) is 2.73. The van der Waals surface area contributed by atoms with Gasteiger partial charge in [-0.05, 0) is 37.3 Å². The van der Waals surface area contributed by atoms with E-state index >= 15 is 0 Å². The Morgan fingerprint density at radius 2 is 1.96 bits per heavy atom. The Labute approximate surface area is 166 Å². The van der Waals surface area contributed by atoms with Crippen molar-refractivity contribution in [2.45, 2.75) is 19.1 Å². The summed E-state index contributed by atoms with van der Waals surface area (Å²) in [6.45, 7) is 1.63. The second kappa shape index (κ2) is 8.06. The molecule has 3 rings (SSSR count). The Kier molecular flexibility index (Phi) is 5.77. The molecule has 0 unspecified atom stereocenters. The van der Waals surface area contributed by atoms with Crippen LogP contribution in [0.15, 0.2) is 42.5 Å². The second-order valence-electron chi connectivity index (χ2n) is 5.88. The Hall–Kier alpha value is -2.44. The molecule has 8 heteroatoms. The largest absolute Gasteiger partial charge is 0.479 e. The van der Waals surface area contributed by atoms with E-state index < -0.39 is 18.2 Å². The first-order valence-corrected chi connectivity index (χ1v) is 8.93. The van der Waals surface area contributed by atoms with Gasteiger partial charge in [-0.1, -0.05) is 35.3 Å². The number of amides is 1. The highest BCUT2D eigenvalue weighted by atomic mass is 35.5. The highest BCUT2D eigenvalue weighted by molar-refractivity contribution is 6.35. The Morgan fingerprint density at radius 3 is 2.67 bits per heavy atom. The topological polar surface area (TPSA) is 65.1 Å². The van der Waals surface area contributed by atoms with Crippen LogP contribution < -0.4 is 14.4 Å². The number of halogens is 2. The van der Waals surface area contributed by atoms with Crippen molar-refractivity contribution in [1.82, 2.24) is 0 Å². The summed E-state index contributed by atoms with van der Waals surface area (Å²) in [5.41, 5.74) is 0.556. The summed E-state index contributed by atoms with van der Waals surface area (Å²) in [5, 5.41) is 0.770. The average Bonchev–Trinajstić information content (AvgIpc) is 2.67. The number of anilines is 1. The number of rotatable bonds is 4. The fraction of sp³-hybridized carbons (Fsp3) is 0.263. The van der Waals surface area contributed by atoms with Gasteiger partial charge in [0, 0.05) is 5.02 Å². The first kappa shape index (κ1) is 19.3. The lowest BCUT2D eigenvalue weighted by Crippen LogP contribution is -2.51. The quantitative estimate of drug-likeness (QED) is 0.719. The summed E-state index contributed by atoms with van der Waals surface area (Å²) >= 11 is 12.0. The standard InChI is InChI=1S/C19H17Cl2NO5/c1-11(26-15-8-7-12(20)9-13(15)21)18(23)22-10-17(19(24)25-2)27-16-6-4-3-5-14(16)22/h3-9,11,17H,10H2,1-2H3/t11-,17+/m0/s1. The summed E-state index contributed by atoms with van der Waals surface area (Å²) < 4.78 is 16.1. The number of carbonyl (C=O) groups is 2. The van der Waals surface area contributed by atoms with E-state index in [4.69, 9.17) is 37.4 Å². The maximum atomic E-state index is 13.0. The van der Waals surface area contributed by atoms with Crippen LogP contribution in [0.25, 0.3) is 0 Å². The number of para-hydroxylation sites is 2. The molecule has 27 heavy (non-hydrogen) atoms. The van der Waals surface area contributed by atoms with E-state index in [1.54, 1.807) is 43.3 Å². The van der Waals surface area contributed by atoms with Crippen LogP contribution in [0.3, 0.4) is 0 Å². The number of fused-ring (bicyclic) bond motifs is 1. The zero-order valence-corrected chi connectivity index (χ0v) is 16.2. The van der Waals surface area contributed by atoms with Crippen LogP contribution in [0.5, 0.6) is 11.5 Å². The van der Waals surface area contributed by atoms with Crippen molar-refractivity contribution in [3.63, 3.8) is 0 Å². The number of nitrogens with zero attached hydrogens (tertiary/aromatic N) is 1. The number of carbonyl (C=O) groups excluding carboxylic acids is 2. The zero-order valence-electron chi connectivity index (χ0n) is 14.6. The highest BCUT2D eigenvalue weighted by Crippen LogP contribution is 2.34. The van der Waals surface area contributed by atoms with Gasteiger partial charge in [-0.3, -0.25) is 4.79 Å². The molecular formula is C19H17Cl2NO5. The minimum atomic E-state index is -0.917. The molecule has 0 bridgehead atoms. The summed E-state index contributed by atoms with van der Waals surface area (Å²) in [5.74, 6) is -0.139. The van der Waals surface area contributed by atoms with Gasteiger partial charge in [-0.15, -0.1) is 0 Å². The van der Waals surface area contributed by atoms with Gasteiger partial charge in [-0.2, -0.15) is 0 Å². The second-order valence-corrected chi connectivity index (χ2v) is 6.72. The Morgan fingerprint density at radius 1 is 1.22 bits per heavy atom. The molecule has 0 spiro atoms. The summed E-state index contributed by atoms with van der Waals surface area (Å²) in [7, 11) is 1.27. The Bertz CT molecular complexity index is 873. The molecule has 0 saturated heterocycles. The molecule has 1 aliphatic heterocycles. The monoisotopic (exact) mass is 409 g/mol. The van der Waals surface area contributed by atoms with Crippen molar-refractivity contribution in [1.29, 1.82) is 0 Å². The van der Waals surface area contributed by atoms with Crippen molar-refractivity contribution in [3.8, 4) is 11.5 Å². The van der Waals surface area contributed by atoms with Crippen LogP contribution in [-0.4, -0.2) is 37.7 Å². The molecule has 2 aromatic carbocycles. The third-order valence-electron chi connectivity index (χ3n) is 4.05. The fourth-order valence-corrected chi connectivity index (χ4v) is 3.18. The molecule has 1 aliphatic rings. The predicted molar refractivity (Wildman–Crippen MR) is 102 cm³/mol. The van der Waals surface area contributed by atoms with E-state index in [9.17, 15) is 9.59 Å². The molecule has 0 N–H and O–H groups in total. The zero-order chi connectivity index (χ0) is 19.6. The van der Waals surface area contributed by atoms with Gasteiger partial charge < -0.3 is 19.1 Å². The van der Waals surface area contributed by atoms with E-state index in [1.807, 2.05) is 0 Å². The van der Waals surface area contributed by atoms with Crippen molar-refractivity contribution in [2.75, 3.05) is 18.6 Å². The van der Waals surface area contributed by atoms with E-state index in [-0.39, 0.29) is 12.5 Å². The third-order valence-corrected chi connectivity index (χ3v) is 4.58. The van der Waals surface area contributed by atoms with Crippen molar-refractivity contribution < 1.29 is 23.8 Å². The molecule has 2 atom stereocenters. The lowest BCUT2D eigenvalue weighted by Gasteiger charge is -2.34. The smallest absolute Gasteiger partial charge is 0.348 e. The number of ether oxygens (including phenoxy) is 3. The SMILES string of the molecule is COC(=O)[C@H]1CN(C(=O)[C@H](C)Oc2ccc(Cl)cc2Cl)c2ccccc2O1. The summed E-state index contributed by atoms with van der Waals surface area (Å²) in [6, 6.07) is 11.7. The summed E-state index contributed by atoms with van der Waals surface area (Å²) in [4.78, 5) is 26.4. The van der Waals surface area contributed by atoms with Crippen LogP contribution in [0, 0.1) is 0 Å². The number of benzene rings is 2. The van der Waals surface area contributed by atoms with Crippen LogP contribution >= 0.6 is 23.2 Å². The van der Waals surface area contributed by atoms with Crippen LogP contribution in [0.2, 0.25) is 10.0 Å². The first-order chi connectivity index (χ1) is 12.9. The van der Waals surface area contributed by atoms with Crippen molar-refractivity contribution >= 4 is 40.8 Å². The number of methoxy groups -OCH3 is 1. The minimum Gasteiger partial charge on any atom is -0.479 e. The molecule has 1 heterocycles. The van der Waals surface area contributed by atoms with Gasteiger partial charge in [-0.25, -0.2) is 4.79 Å². The predicted octanol–water partition coefficient (Wildman–Crippen LogP) is 3.73. The number of hydrogen-bond acceptors (Lipinski definition) is 5. The van der Waals surface area contributed by atoms with Crippen molar-refractivity contribution in [2.24, 2.45) is 0 Å². The first-order valence-electron chi connectivity index (χ1n) is 8.17. The van der Waals surface area contributed by atoms with Gasteiger partial charge in [0.2, 0.25) is 6.10 Å². The number of hydrogen-bond donors (Lipinski definition) is 0. The lowest BCUT2D eigenvalue weighted by atomic mass is 10.1. The van der Waals surface area contributed by atoms with Gasteiger partial charge in [0.25, 0.3) is 5.91 Å². The van der Waals surface area contributed by atoms with E-state index in [0.717, 1.165) is 0 Å². The third kappa shape index (κ3) is 4.12. The molecule has 0 aliphatic carbocycles. The minimum absolute atomic E-state index is 0.0184. The van der Waals surface area contributed by atoms with Gasteiger partial charge >= 0.3 is 5.97 Å². The van der Waals surface area contributed by atoms with Gasteiger partial charge in [0.15, 0.2) is 6.10 Å². The average molecular weight is 410 g/mol. The molecule has 0 radical (unpaired) electrons. The normalized spacial score (nSPS) is 16.7. The van der Waals surface area contributed by atoms with E-state index in [2.05, 4.69) is 0 Å². The molecular weight excluding hydrogens is 393 g/mol. The van der Waals surface area contributed by atoms with E-state index in [1.165, 1.54) is 18.1 Å². The number of esters is 1. The van der Waals surface area contributed by atoms with Gasteiger partial charge in [0.1, 0.15) is 11.5 Å². The maximum absolute atomic E-state index is 13.0. The van der Waals surface area contributed by atoms with E-state index in [0.29, 0.717) is 27.2 Å². The van der Waals surface area contributed by atoms with Crippen LogP contribution in [0.4, 0.5) is 5.69 Å². The molecule has 142 valence electrons. The maximum Gasteiger partial charge on any atom is 0.348 e. The van der Waals surface area contributed by atoms with Crippen LogP contribution in [0.1, 0.15) is 6.92 Å². The molecule has 0 fully saturated rings.